The number of ether oxygens (including phenoxy) is 4. The number of hydrogen-bond acceptors (Lipinski definition) is 13. The predicted molar refractivity (Wildman–Crippen MR) is 250 cm³/mol. The molecule has 0 aromatic heterocycles. The molecule has 13 nitrogen and oxygen atoms in total. The molecule has 66 heavy (non-hydrogen) atoms. The van der Waals surface area contributed by atoms with Crippen molar-refractivity contribution in [2.45, 2.75) is 0 Å². The second-order valence-corrected chi connectivity index (χ2v) is 14.9. The largest absolute Gasteiger partial charge is 0.465 e. The Hall–Kier alpha value is -8.97. The number of hydrogen-bond donors (Lipinski definition) is 0. The van der Waals surface area contributed by atoms with Crippen LogP contribution >= 0.6 is 0 Å². The zero-order valence-electron chi connectivity index (χ0n) is 35.8. The summed E-state index contributed by atoms with van der Waals surface area (Å²) in [6, 6.07) is 26.9. The van der Waals surface area contributed by atoms with E-state index in [1.807, 2.05) is 18.2 Å². The molecule has 0 atom stereocenters. The smallest absolute Gasteiger partial charge is 0.338 e. The molecule has 0 N–H and O–H groups in total. The molecular weight excluding hydrogens is 837 g/mol. The van der Waals surface area contributed by atoms with Gasteiger partial charge in [0.05, 0.1) is 102 Å². The third kappa shape index (κ3) is 7.43. The number of nitrogens with zero attached hydrogens (tertiary/aromatic N) is 4. The number of aliphatic imine (C=N–C) groups is 4. The molecule has 4 aromatic carbocycles. The monoisotopic (exact) mass is 872 g/mol. The predicted octanol–water partition coefficient (Wildman–Crippen LogP) is 8.40. The summed E-state index contributed by atoms with van der Waals surface area (Å²) < 4.78 is 21.3. The van der Waals surface area contributed by atoms with E-state index in [2.05, 4.69) is 0 Å². The fourth-order valence-corrected chi connectivity index (χ4v) is 8.34. The summed E-state index contributed by atoms with van der Waals surface area (Å²) in [7, 11) is 5.06. The lowest BCUT2D eigenvalue weighted by molar-refractivity contribution is -0.104. The average Bonchev–Trinajstić information content (AvgIpc) is 4.16. The Balaban J connectivity index is 1.55. The van der Waals surface area contributed by atoms with Gasteiger partial charge in [-0.1, -0.05) is 72.8 Å². The maximum atomic E-state index is 14.0. The topological polar surface area (TPSA) is 172 Å². The minimum Gasteiger partial charge on any atom is -0.465 e. The minimum atomic E-state index is -0.708. The lowest BCUT2D eigenvalue weighted by atomic mass is 9.82. The molecule has 0 amide bonds. The van der Waals surface area contributed by atoms with Crippen LogP contribution in [0.15, 0.2) is 188 Å². The van der Waals surface area contributed by atoms with Crippen LogP contribution in [0.25, 0.3) is 22.3 Å². The molecule has 0 aliphatic carbocycles. The van der Waals surface area contributed by atoms with Crippen molar-refractivity contribution in [1.29, 1.82) is 0 Å². The Morgan fingerprint density at radius 3 is 1.32 bits per heavy atom. The summed E-state index contributed by atoms with van der Waals surface area (Å²) in [5.74, 6) is -2.72. The molecule has 0 saturated heterocycles. The first-order valence-electron chi connectivity index (χ1n) is 20.4. The van der Waals surface area contributed by atoms with Crippen LogP contribution in [0.2, 0.25) is 0 Å². The number of fused-ring (bicyclic) bond motifs is 4. The summed E-state index contributed by atoms with van der Waals surface area (Å²) in [6.07, 6.45) is 13.1. The van der Waals surface area contributed by atoms with Crippen molar-refractivity contribution in [2.24, 2.45) is 20.0 Å². The molecule has 0 spiro atoms. The van der Waals surface area contributed by atoms with Gasteiger partial charge in [-0.2, -0.15) is 0 Å². The van der Waals surface area contributed by atoms with Crippen LogP contribution in [0.3, 0.4) is 0 Å². The van der Waals surface area contributed by atoms with E-state index in [9.17, 15) is 24.0 Å². The molecule has 8 bridgehead atoms. The van der Waals surface area contributed by atoms with Gasteiger partial charge < -0.3 is 18.9 Å². The van der Waals surface area contributed by atoms with Gasteiger partial charge in [0.2, 0.25) is 0 Å². The number of carbonyl (C=O) groups excluding carboxylic acids is 5. The number of aldehydes is 1. The van der Waals surface area contributed by atoms with Gasteiger partial charge in [0.15, 0.2) is 6.29 Å². The van der Waals surface area contributed by atoms with Crippen LogP contribution in [0.1, 0.15) is 63.7 Å². The van der Waals surface area contributed by atoms with E-state index in [1.54, 1.807) is 121 Å². The minimum absolute atomic E-state index is 0.0836. The highest BCUT2D eigenvalue weighted by Crippen LogP contribution is 2.49. The van der Waals surface area contributed by atoms with Crippen molar-refractivity contribution in [3.63, 3.8) is 0 Å². The third-order valence-corrected chi connectivity index (χ3v) is 11.2. The van der Waals surface area contributed by atoms with Gasteiger partial charge in [-0.3, -0.25) is 4.79 Å². The molecule has 13 heteroatoms. The number of carbonyl (C=O) groups is 5. The first-order valence-corrected chi connectivity index (χ1v) is 20.4. The first-order chi connectivity index (χ1) is 32.2. The third-order valence-electron chi connectivity index (χ3n) is 11.2. The highest BCUT2D eigenvalue weighted by atomic mass is 16.5. The number of esters is 4. The van der Waals surface area contributed by atoms with E-state index in [4.69, 9.17) is 38.9 Å². The normalized spacial score (nSPS) is 15.9. The fraction of sp³-hybridized carbons (Fsp3) is 0.0755. The molecule has 5 aliphatic rings. The average molecular weight is 873 g/mol. The Morgan fingerprint density at radius 2 is 0.848 bits per heavy atom. The molecule has 5 heterocycles. The zero-order valence-corrected chi connectivity index (χ0v) is 35.8. The molecule has 322 valence electrons. The van der Waals surface area contributed by atoms with Crippen LogP contribution in [0.4, 0.5) is 0 Å². The highest BCUT2D eigenvalue weighted by Gasteiger charge is 2.39. The molecular formula is C53H36N4O9. The first kappa shape index (κ1) is 42.3. The Morgan fingerprint density at radius 1 is 0.439 bits per heavy atom. The van der Waals surface area contributed by atoms with Crippen molar-refractivity contribution >= 4 is 75.3 Å². The summed E-state index contributed by atoms with van der Waals surface area (Å²) >= 11 is 0. The van der Waals surface area contributed by atoms with Gasteiger partial charge in [0.1, 0.15) is 0 Å². The number of allylic oxidation sites excluding steroid dienone is 12. The van der Waals surface area contributed by atoms with Crippen molar-refractivity contribution < 1.29 is 42.9 Å². The molecule has 0 radical (unpaired) electrons. The molecule has 4 aromatic rings. The maximum Gasteiger partial charge on any atom is 0.338 e. The lowest BCUT2D eigenvalue weighted by Crippen LogP contribution is -2.15. The Bertz CT molecular complexity index is 3270. The van der Waals surface area contributed by atoms with Gasteiger partial charge in [0, 0.05) is 27.9 Å². The van der Waals surface area contributed by atoms with Gasteiger partial charge in [-0.05, 0) is 83.5 Å². The SMILES string of the molecule is COC(=O)c1ccccc1C1=C(C=O)C2=CC3=NC(=CC4=NC(=CC5=NC(=C(c6ccccc6C(=O)OC)C1=N2)C(c1ccccc1C(=O)OC)=C5c1ccccc1C(=O)OC)C=C4)C=C3. The van der Waals surface area contributed by atoms with Gasteiger partial charge in [0.25, 0.3) is 0 Å². The lowest BCUT2D eigenvalue weighted by Gasteiger charge is -2.21. The van der Waals surface area contributed by atoms with Crippen LogP contribution in [-0.2, 0) is 23.7 Å². The van der Waals surface area contributed by atoms with Crippen LogP contribution < -0.4 is 0 Å². The van der Waals surface area contributed by atoms with E-state index >= 15 is 0 Å². The second-order valence-electron chi connectivity index (χ2n) is 14.9. The zero-order chi connectivity index (χ0) is 46.1. The quantitative estimate of drug-likeness (QED) is 0.0910. The highest BCUT2D eigenvalue weighted by molar-refractivity contribution is 6.53. The van der Waals surface area contributed by atoms with Crippen molar-refractivity contribution in [2.75, 3.05) is 28.4 Å². The Kier molecular flexibility index (Phi) is 11.3. The van der Waals surface area contributed by atoms with Crippen molar-refractivity contribution in [3.8, 4) is 0 Å². The van der Waals surface area contributed by atoms with Gasteiger partial charge in [-0.25, -0.2) is 39.1 Å². The van der Waals surface area contributed by atoms with E-state index in [0.29, 0.717) is 57.1 Å². The van der Waals surface area contributed by atoms with Crippen molar-refractivity contribution in [3.05, 3.63) is 212 Å². The number of benzene rings is 4. The summed E-state index contributed by atoms with van der Waals surface area (Å²) in [4.78, 5) is 89.3. The van der Waals surface area contributed by atoms with Crippen LogP contribution in [-0.4, -0.2) is 81.4 Å². The van der Waals surface area contributed by atoms with Crippen LogP contribution in [0.5, 0.6) is 0 Å². The van der Waals surface area contributed by atoms with E-state index in [0.717, 1.165) is 0 Å². The molecule has 0 fully saturated rings. The van der Waals surface area contributed by atoms with E-state index < -0.39 is 23.9 Å². The number of methoxy groups -OCH3 is 4. The van der Waals surface area contributed by atoms with E-state index in [-0.39, 0.29) is 67.2 Å². The molecule has 9 rings (SSSR count). The maximum absolute atomic E-state index is 14.0. The second kappa shape index (κ2) is 17.7. The van der Waals surface area contributed by atoms with Gasteiger partial charge >= 0.3 is 23.9 Å². The fourth-order valence-electron chi connectivity index (χ4n) is 8.34. The number of rotatable bonds is 9. The molecule has 0 saturated carbocycles. The Labute approximate surface area is 377 Å². The van der Waals surface area contributed by atoms with Gasteiger partial charge in [-0.15, -0.1) is 0 Å². The standard InChI is InChI=1S/C53H36N4O9/c1-63-50(59)37-17-9-5-13-33(37)44-41(28-58)42-26-31-23-21-29(54-31)25-30-22-24-32(55-30)27-43-45(34-14-6-10-18-38(34)51(60)64-2)46(35-15-7-11-19-39(35)52(61)65-3)49(57-43)47(48(44)56-42)36-16-8-12-20-40(36)53(62)66-4/h5-28H,1-4H3. The molecule has 5 aliphatic heterocycles. The van der Waals surface area contributed by atoms with E-state index in [1.165, 1.54) is 28.4 Å². The summed E-state index contributed by atoms with van der Waals surface area (Å²) in [5, 5.41) is 0. The van der Waals surface area contributed by atoms with Crippen LogP contribution in [0, 0.1) is 0 Å². The van der Waals surface area contributed by atoms with Crippen molar-refractivity contribution in [1.82, 2.24) is 0 Å². The summed E-state index contributed by atoms with van der Waals surface area (Å²) in [6.45, 7) is 0. The molecule has 0 unspecified atom stereocenters. The summed E-state index contributed by atoms with van der Waals surface area (Å²) in [5.41, 5.74) is 5.78.